The summed E-state index contributed by atoms with van der Waals surface area (Å²) in [6.45, 7) is 2.17. The first kappa shape index (κ1) is 15.5. The van der Waals surface area contributed by atoms with Gasteiger partial charge in [-0.3, -0.25) is 9.59 Å². The summed E-state index contributed by atoms with van der Waals surface area (Å²) < 4.78 is 5.06. The van der Waals surface area contributed by atoms with Crippen LogP contribution in [0.25, 0.3) is 0 Å². The summed E-state index contributed by atoms with van der Waals surface area (Å²) in [5.41, 5.74) is 1.83. The number of Topliss-reactive ketones (excluding diaryl/α,β-unsaturated/α-hetero) is 1. The Kier molecular flexibility index (Phi) is 4.56. The fraction of sp³-hybridized carbons (Fsp3) is 0.300. The van der Waals surface area contributed by atoms with Crippen LogP contribution in [-0.4, -0.2) is 18.4 Å². The predicted octanol–water partition coefficient (Wildman–Crippen LogP) is 3.85. The molecule has 0 spiro atoms. The van der Waals surface area contributed by atoms with E-state index in [1.165, 1.54) is 0 Å². The molecule has 0 saturated heterocycles. The summed E-state index contributed by atoms with van der Waals surface area (Å²) >= 11 is 0. The number of carbonyl (C=O) groups excluding carboxylic acids is 2. The Morgan fingerprint density at radius 3 is 2.17 bits per heavy atom. The zero-order chi connectivity index (χ0) is 16.2. The van der Waals surface area contributed by atoms with E-state index in [9.17, 15) is 9.59 Å². The quantitative estimate of drug-likeness (QED) is 0.601. The Hall–Kier alpha value is -2.42. The first-order valence-corrected chi connectivity index (χ1v) is 8.02. The summed E-state index contributed by atoms with van der Waals surface area (Å²) in [6.07, 6.45) is 0.302. The van der Waals surface area contributed by atoms with Gasteiger partial charge in [-0.2, -0.15) is 0 Å². The minimum atomic E-state index is -0.221. The molecule has 3 heteroatoms. The topological polar surface area (TPSA) is 43.4 Å². The fourth-order valence-electron chi connectivity index (χ4n) is 3.32. The van der Waals surface area contributed by atoms with E-state index in [-0.39, 0.29) is 29.5 Å². The Bertz CT molecular complexity index is 679. The lowest BCUT2D eigenvalue weighted by Crippen LogP contribution is -2.08. The fourth-order valence-corrected chi connectivity index (χ4v) is 3.32. The van der Waals surface area contributed by atoms with Crippen LogP contribution in [0.4, 0.5) is 0 Å². The van der Waals surface area contributed by atoms with Crippen LogP contribution in [0.2, 0.25) is 0 Å². The molecule has 1 fully saturated rings. The van der Waals surface area contributed by atoms with Gasteiger partial charge in [-0.15, -0.1) is 0 Å². The highest BCUT2D eigenvalue weighted by Crippen LogP contribution is 2.57. The Balaban J connectivity index is 1.81. The molecule has 2 aromatic carbocycles. The van der Waals surface area contributed by atoms with Crippen molar-refractivity contribution in [3.05, 3.63) is 71.8 Å². The van der Waals surface area contributed by atoms with Gasteiger partial charge in [0.2, 0.25) is 0 Å². The van der Waals surface area contributed by atoms with Crippen molar-refractivity contribution >= 4 is 11.8 Å². The normalized spacial score (nSPS) is 22.4. The van der Waals surface area contributed by atoms with E-state index < -0.39 is 0 Å². The standard InChI is InChI=1S/C20H20O3/c1-2-23-17(21)13-16-18(14-9-5-3-6-10-14)19(16)20(22)15-11-7-4-8-12-15/h3-12,16,18-19H,2,13H2,1H3/t16-,18+,19+/m0/s1. The molecule has 0 heterocycles. The third-order valence-corrected chi connectivity index (χ3v) is 4.42. The largest absolute Gasteiger partial charge is 0.466 e. The van der Waals surface area contributed by atoms with E-state index in [4.69, 9.17) is 4.74 Å². The van der Waals surface area contributed by atoms with Crippen molar-refractivity contribution in [2.24, 2.45) is 11.8 Å². The minimum absolute atomic E-state index is 0.0316. The average Bonchev–Trinajstić information content (AvgIpc) is 3.29. The third-order valence-electron chi connectivity index (χ3n) is 4.42. The highest BCUT2D eigenvalue weighted by molar-refractivity contribution is 6.01. The van der Waals surface area contributed by atoms with E-state index >= 15 is 0 Å². The highest BCUT2D eigenvalue weighted by atomic mass is 16.5. The van der Waals surface area contributed by atoms with Crippen LogP contribution in [0.3, 0.4) is 0 Å². The second-order valence-corrected chi connectivity index (χ2v) is 5.87. The molecule has 0 amide bonds. The van der Waals surface area contributed by atoms with Crippen LogP contribution >= 0.6 is 0 Å². The van der Waals surface area contributed by atoms with E-state index in [2.05, 4.69) is 0 Å². The molecule has 2 aromatic rings. The predicted molar refractivity (Wildman–Crippen MR) is 88.2 cm³/mol. The molecule has 3 nitrogen and oxygen atoms in total. The van der Waals surface area contributed by atoms with Crippen LogP contribution in [0.15, 0.2) is 60.7 Å². The maximum Gasteiger partial charge on any atom is 0.306 e. The van der Waals surface area contributed by atoms with Crippen molar-refractivity contribution in [2.45, 2.75) is 19.3 Å². The van der Waals surface area contributed by atoms with Gasteiger partial charge in [0.25, 0.3) is 0 Å². The molecular weight excluding hydrogens is 288 g/mol. The number of ketones is 1. The molecule has 3 rings (SSSR count). The molecule has 0 bridgehead atoms. The summed E-state index contributed by atoms with van der Waals surface area (Å²) in [5.74, 6) is -0.0998. The van der Waals surface area contributed by atoms with E-state index in [0.29, 0.717) is 18.6 Å². The first-order valence-electron chi connectivity index (χ1n) is 8.02. The number of esters is 1. The van der Waals surface area contributed by atoms with E-state index in [0.717, 1.165) is 5.56 Å². The van der Waals surface area contributed by atoms with Crippen molar-refractivity contribution in [1.29, 1.82) is 0 Å². The van der Waals surface area contributed by atoms with Gasteiger partial charge in [-0.05, 0) is 24.3 Å². The third kappa shape index (κ3) is 3.34. The zero-order valence-electron chi connectivity index (χ0n) is 13.1. The van der Waals surface area contributed by atoms with E-state index in [1.807, 2.05) is 60.7 Å². The maximum absolute atomic E-state index is 12.8. The number of hydrogen-bond acceptors (Lipinski definition) is 3. The van der Waals surface area contributed by atoms with Crippen molar-refractivity contribution < 1.29 is 14.3 Å². The summed E-state index contributed by atoms with van der Waals surface area (Å²) in [4.78, 5) is 24.6. The molecule has 0 radical (unpaired) electrons. The molecule has 1 aliphatic rings. The average molecular weight is 308 g/mol. The van der Waals surface area contributed by atoms with Crippen molar-refractivity contribution in [3.63, 3.8) is 0 Å². The van der Waals surface area contributed by atoms with Crippen LogP contribution in [0.1, 0.15) is 35.2 Å². The van der Waals surface area contributed by atoms with Crippen molar-refractivity contribution in [2.75, 3.05) is 6.61 Å². The number of carbonyl (C=O) groups is 2. The van der Waals surface area contributed by atoms with E-state index in [1.54, 1.807) is 6.92 Å². The van der Waals surface area contributed by atoms with Crippen LogP contribution in [-0.2, 0) is 9.53 Å². The maximum atomic E-state index is 12.8. The number of hydrogen-bond donors (Lipinski definition) is 0. The SMILES string of the molecule is CCOC(=O)C[C@@H]1[C@@H](C(=O)c2ccccc2)[C@@H]1c1ccccc1. The van der Waals surface area contributed by atoms with Crippen molar-refractivity contribution in [1.82, 2.24) is 0 Å². The Morgan fingerprint density at radius 1 is 0.957 bits per heavy atom. The number of rotatable bonds is 6. The number of ether oxygens (including phenoxy) is 1. The molecule has 1 saturated carbocycles. The summed E-state index contributed by atoms with van der Waals surface area (Å²) in [7, 11) is 0. The molecule has 3 atom stereocenters. The van der Waals surface area contributed by atoms with Crippen LogP contribution in [0, 0.1) is 11.8 Å². The van der Waals surface area contributed by atoms with Gasteiger partial charge in [0.1, 0.15) is 0 Å². The highest BCUT2D eigenvalue weighted by Gasteiger charge is 2.55. The lowest BCUT2D eigenvalue weighted by molar-refractivity contribution is -0.143. The molecule has 0 aromatic heterocycles. The molecular formula is C20H20O3. The van der Waals surface area contributed by atoms with Gasteiger partial charge in [0.15, 0.2) is 5.78 Å². The van der Waals surface area contributed by atoms with Gasteiger partial charge in [-0.1, -0.05) is 60.7 Å². The smallest absolute Gasteiger partial charge is 0.306 e. The van der Waals surface area contributed by atoms with Gasteiger partial charge in [0, 0.05) is 17.9 Å². The van der Waals surface area contributed by atoms with Crippen LogP contribution in [0.5, 0.6) is 0 Å². The second kappa shape index (κ2) is 6.78. The molecule has 23 heavy (non-hydrogen) atoms. The van der Waals surface area contributed by atoms with Gasteiger partial charge in [0.05, 0.1) is 6.61 Å². The molecule has 0 aliphatic heterocycles. The molecule has 0 unspecified atom stereocenters. The molecule has 0 N–H and O–H groups in total. The lowest BCUT2D eigenvalue weighted by atomic mass is 10.0. The zero-order valence-corrected chi connectivity index (χ0v) is 13.1. The summed E-state index contributed by atoms with van der Waals surface area (Å²) in [5, 5.41) is 0. The second-order valence-electron chi connectivity index (χ2n) is 5.87. The van der Waals surface area contributed by atoms with Gasteiger partial charge in [-0.25, -0.2) is 0 Å². The minimum Gasteiger partial charge on any atom is -0.466 e. The van der Waals surface area contributed by atoms with Gasteiger partial charge < -0.3 is 4.74 Å². The summed E-state index contributed by atoms with van der Waals surface area (Å²) in [6, 6.07) is 19.3. The lowest BCUT2D eigenvalue weighted by Gasteiger charge is -2.01. The first-order chi connectivity index (χ1) is 11.2. The molecule has 118 valence electrons. The van der Waals surface area contributed by atoms with Crippen LogP contribution < -0.4 is 0 Å². The monoisotopic (exact) mass is 308 g/mol. The number of benzene rings is 2. The van der Waals surface area contributed by atoms with Crippen molar-refractivity contribution in [3.8, 4) is 0 Å². The van der Waals surface area contributed by atoms with Gasteiger partial charge >= 0.3 is 5.97 Å². The molecule has 1 aliphatic carbocycles. The Morgan fingerprint density at radius 2 is 1.57 bits per heavy atom. The Labute approximate surface area is 136 Å².